The maximum Gasteiger partial charge on any atom is 0.274 e. The average molecular weight is 494 g/mol. The molecule has 6 rings (SSSR count). The maximum absolute atomic E-state index is 14.0. The molecule has 0 saturated carbocycles. The van der Waals surface area contributed by atoms with Gasteiger partial charge in [-0.05, 0) is 41.8 Å². The summed E-state index contributed by atoms with van der Waals surface area (Å²) in [5.41, 5.74) is 2.33. The molecule has 7 heteroatoms. The number of para-hydroxylation sites is 1. The molecule has 0 spiro atoms. The van der Waals surface area contributed by atoms with Crippen LogP contribution in [0, 0.1) is 0 Å². The van der Waals surface area contributed by atoms with Crippen LogP contribution in [0.1, 0.15) is 39.5 Å². The number of fused-ring (bicyclic) bond motifs is 2. The molecule has 37 heavy (non-hydrogen) atoms. The van der Waals surface area contributed by atoms with Gasteiger partial charge in [-0.1, -0.05) is 54.6 Å². The van der Waals surface area contributed by atoms with E-state index in [1.165, 1.54) is 5.69 Å². The Balaban J connectivity index is 1.31. The van der Waals surface area contributed by atoms with Gasteiger partial charge >= 0.3 is 0 Å². The third kappa shape index (κ3) is 4.24. The molecule has 188 valence electrons. The van der Waals surface area contributed by atoms with Crippen LogP contribution < -0.4 is 9.80 Å². The summed E-state index contributed by atoms with van der Waals surface area (Å²) in [5, 5.41) is 1.91. The molecule has 7 nitrogen and oxygen atoms in total. The number of rotatable bonds is 4. The largest absolute Gasteiger partial charge is 0.368 e. The Morgan fingerprint density at radius 1 is 0.811 bits per heavy atom. The van der Waals surface area contributed by atoms with Gasteiger partial charge in [0.25, 0.3) is 11.8 Å². The zero-order valence-corrected chi connectivity index (χ0v) is 21.1. The van der Waals surface area contributed by atoms with Gasteiger partial charge in [0.1, 0.15) is 5.82 Å². The minimum atomic E-state index is -0.157. The lowest BCUT2D eigenvalue weighted by molar-refractivity contribution is 0.0735. The highest BCUT2D eigenvalue weighted by Crippen LogP contribution is 2.30. The van der Waals surface area contributed by atoms with Crippen molar-refractivity contribution in [3.05, 3.63) is 89.9 Å². The highest BCUT2D eigenvalue weighted by atomic mass is 16.2. The van der Waals surface area contributed by atoms with Crippen LogP contribution in [0.2, 0.25) is 0 Å². The number of carbonyl (C=O) groups is 2. The van der Waals surface area contributed by atoms with Crippen LogP contribution in [0.15, 0.2) is 72.8 Å². The predicted octanol–water partition coefficient (Wildman–Crippen LogP) is 4.61. The van der Waals surface area contributed by atoms with Gasteiger partial charge in [0, 0.05) is 57.4 Å². The molecule has 0 N–H and O–H groups in total. The predicted molar refractivity (Wildman–Crippen MR) is 146 cm³/mol. The number of amides is 2. The van der Waals surface area contributed by atoms with Crippen LogP contribution >= 0.6 is 0 Å². The van der Waals surface area contributed by atoms with Gasteiger partial charge in [0.15, 0.2) is 11.5 Å². The second kappa shape index (κ2) is 9.73. The van der Waals surface area contributed by atoms with Gasteiger partial charge in [-0.15, -0.1) is 0 Å². The molecule has 2 amide bonds. The molecule has 0 radical (unpaired) electrons. The van der Waals surface area contributed by atoms with Crippen molar-refractivity contribution in [1.29, 1.82) is 0 Å². The van der Waals surface area contributed by atoms with Crippen molar-refractivity contribution < 1.29 is 9.59 Å². The fourth-order valence-electron chi connectivity index (χ4n) is 5.56. The molecule has 3 aromatic carbocycles. The molecule has 3 heterocycles. The van der Waals surface area contributed by atoms with Gasteiger partial charge < -0.3 is 14.4 Å². The summed E-state index contributed by atoms with van der Waals surface area (Å²) in [4.78, 5) is 38.4. The lowest BCUT2D eigenvalue weighted by atomic mass is 10.0. The summed E-state index contributed by atoms with van der Waals surface area (Å²) < 4.78 is 2.05. The Morgan fingerprint density at radius 3 is 2.35 bits per heavy atom. The van der Waals surface area contributed by atoms with E-state index in [0.717, 1.165) is 55.5 Å². The van der Waals surface area contributed by atoms with Crippen LogP contribution in [0.5, 0.6) is 0 Å². The monoisotopic (exact) mass is 493 g/mol. The summed E-state index contributed by atoms with van der Waals surface area (Å²) in [6.07, 6.45) is 2.87. The Bertz CT molecular complexity index is 1450. The van der Waals surface area contributed by atoms with E-state index in [1.54, 1.807) is 11.9 Å². The van der Waals surface area contributed by atoms with E-state index in [2.05, 4.69) is 21.6 Å². The molecule has 4 aromatic rings. The molecule has 2 aliphatic rings. The zero-order valence-electron chi connectivity index (χ0n) is 21.1. The molecule has 1 fully saturated rings. The van der Waals surface area contributed by atoms with E-state index in [9.17, 15) is 9.59 Å². The summed E-state index contributed by atoms with van der Waals surface area (Å²) in [5.74, 6) is 1.16. The number of carbonyl (C=O) groups excluding carboxylic acids is 2. The van der Waals surface area contributed by atoms with Crippen molar-refractivity contribution in [3.63, 3.8) is 0 Å². The first-order chi connectivity index (χ1) is 18.1. The van der Waals surface area contributed by atoms with Crippen molar-refractivity contribution in [1.82, 2.24) is 14.5 Å². The smallest absolute Gasteiger partial charge is 0.274 e. The summed E-state index contributed by atoms with van der Waals surface area (Å²) in [6, 6.07) is 24.0. The Morgan fingerprint density at radius 2 is 1.54 bits per heavy atom. The molecule has 1 aromatic heterocycles. The highest BCUT2D eigenvalue weighted by molar-refractivity contribution is 6.15. The number of hydrogen-bond donors (Lipinski definition) is 0. The SMILES string of the molecule is CN(C(=O)c1cccc2ccccc12)c1nc2n(c1C(=O)N1CCN(c3ccccc3)CC1)CCCC2. The number of hydrogen-bond acceptors (Lipinski definition) is 4. The zero-order chi connectivity index (χ0) is 25.4. The normalized spacial score (nSPS) is 15.5. The number of piperazine rings is 1. The maximum atomic E-state index is 14.0. The number of anilines is 2. The molecule has 2 aliphatic heterocycles. The lowest BCUT2D eigenvalue weighted by Crippen LogP contribution is -2.49. The first kappa shape index (κ1) is 23.3. The van der Waals surface area contributed by atoms with E-state index in [1.807, 2.05) is 65.6 Å². The quantitative estimate of drug-likeness (QED) is 0.417. The molecule has 0 unspecified atom stereocenters. The average Bonchev–Trinajstić information content (AvgIpc) is 3.36. The van der Waals surface area contributed by atoms with Crippen LogP contribution in [-0.4, -0.2) is 59.5 Å². The molecule has 0 bridgehead atoms. The molecule has 0 aliphatic carbocycles. The van der Waals surface area contributed by atoms with Gasteiger partial charge in [-0.2, -0.15) is 0 Å². The summed E-state index contributed by atoms with van der Waals surface area (Å²) in [6.45, 7) is 3.57. The van der Waals surface area contributed by atoms with E-state index in [-0.39, 0.29) is 11.8 Å². The number of nitrogens with zero attached hydrogens (tertiary/aromatic N) is 5. The molecule has 0 atom stereocenters. The standard InChI is InChI=1S/C30H31N5O2/c1-32(29(36)25-15-9-11-22-10-5-6-14-24(22)25)28-27(35-17-8-7-16-26(35)31-28)30(37)34-20-18-33(19-21-34)23-12-3-2-4-13-23/h2-6,9-15H,7-8,16-21H2,1H3. The molecular formula is C30H31N5O2. The van der Waals surface area contributed by atoms with Crippen LogP contribution in [0.4, 0.5) is 11.5 Å². The fourth-order valence-corrected chi connectivity index (χ4v) is 5.56. The van der Waals surface area contributed by atoms with Gasteiger partial charge in [0.2, 0.25) is 0 Å². The molecular weight excluding hydrogens is 462 g/mol. The Hall–Kier alpha value is -4.13. The van der Waals surface area contributed by atoms with Crippen LogP contribution in [-0.2, 0) is 13.0 Å². The molecule has 1 saturated heterocycles. The minimum Gasteiger partial charge on any atom is -0.368 e. The highest BCUT2D eigenvalue weighted by Gasteiger charge is 2.33. The third-order valence-electron chi connectivity index (χ3n) is 7.59. The second-order valence-corrected chi connectivity index (χ2v) is 9.81. The van der Waals surface area contributed by atoms with Crippen LogP contribution in [0.3, 0.4) is 0 Å². The van der Waals surface area contributed by atoms with Gasteiger partial charge in [0.05, 0.1) is 0 Å². The topological polar surface area (TPSA) is 61.7 Å². The Kier molecular flexibility index (Phi) is 6.12. The van der Waals surface area contributed by atoms with E-state index < -0.39 is 0 Å². The van der Waals surface area contributed by atoms with E-state index in [0.29, 0.717) is 30.2 Å². The number of imidazole rings is 1. The van der Waals surface area contributed by atoms with Crippen molar-refractivity contribution in [2.24, 2.45) is 0 Å². The van der Waals surface area contributed by atoms with E-state index in [4.69, 9.17) is 4.98 Å². The fraction of sp³-hybridized carbons (Fsp3) is 0.300. The first-order valence-electron chi connectivity index (χ1n) is 13.1. The number of benzene rings is 3. The third-order valence-corrected chi connectivity index (χ3v) is 7.59. The van der Waals surface area contributed by atoms with Crippen molar-refractivity contribution in [3.8, 4) is 0 Å². The van der Waals surface area contributed by atoms with Crippen molar-refractivity contribution in [2.45, 2.75) is 25.8 Å². The number of aryl methyl sites for hydroxylation is 1. The van der Waals surface area contributed by atoms with E-state index >= 15 is 0 Å². The van der Waals surface area contributed by atoms with Crippen molar-refractivity contribution >= 4 is 34.1 Å². The Labute approximate surface area is 216 Å². The summed E-state index contributed by atoms with van der Waals surface area (Å²) >= 11 is 0. The van der Waals surface area contributed by atoms with Crippen molar-refractivity contribution in [2.75, 3.05) is 43.0 Å². The second-order valence-electron chi connectivity index (χ2n) is 9.81. The minimum absolute atomic E-state index is 0.0408. The van der Waals surface area contributed by atoms with Gasteiger partial charge in [-0.3, -0.25) is 14.5 Å². The number of aromatic nitrogens is 2. The van der Waals surface area contributed by atoms with Crippen LogP contribution in [0.25, 0.3) is 10.8 Å². The van der Waals surface area contributed by atoms with Gasteiger partial charge in [-0.25, -0.2) is 4.98 Å². The summed E-state index contributed by atoms with van der Waals surface area (Å²) in [7, 11) is 1.74. The first-order valence-corrected chi connectivity index (χ1v) is 13.1. The lowest BCUT2D eigenvalue weighted by Gasteiger charge is -2.36.